The Morgan fingerprint density at radius 3 is 2.63 bits per heavy atom. The van der Waals surface area contributed by atoms with Crippen molar-refractivity contribution < 1.29 is 9.53 Å². The average Bonchev–Trinajstić information content (AvgIpc) is 3.03. The number of aryl methyl sites for hydroxylation is 2. The van der Waals surface area contributed by atoms with Crippen LogP contribution >= 0.6 is 0 Å². The fraction of sp³-hybridized carbons (Fsp3) is 0.263. The van der Waals surface area contributed by atoms with Gasteiger partial charge in [0.05, 0.1) is 12.8 Å². The van der Waals surface area contributed by atoms with E-state index in [1.54, 1.807) is 36.1 Å². The summed E-state index contributed by atoms with van der Waals surface area (Å²) in [6, 6.07) is 12.7. The molecular weight excluding hydrogens is 344 g/mol. The number of anilines is 1. The zero-order valence-electron chi connectivity index (χ0n) is 15.6. The number of rotatable bonds is 7. The highest BCUT2D eigenvalue weighted by atomic mass is 16.5. The molecule has 0 aliphatic heterocycles. The van der Waals surface area contributed by atoms with E-state index >= 15 is 0 Å². The van der Waals surface area contributed by atoms with E-state index in [0.29, 0.717) is 36.0 Å². The number of hydrogen-bond donors (Lipinski definition) is 2. The van der Waals surface area contributed by atoms with Crippen molar-refractivity contribution in [3.05, 3.63) is 59.4 Å². The lowest BCUT2D eigenvalue weighted by Crippen LogP contribution is -2.28. The van der Waals surface area contributed by atoms with Gasteiger partial charge in [-0.3, -0.25) is 4.79 Å². The van der Waals surface area contributed by atoms with Crippen LogP contribution in [0.2, 0.25) is 0 Å². The first-order valence-electron chi connectivity index (χ1n) is 8.60. The molecule has 1 aromatic carbocycles. The minimum atomic E-state index is -0.151. The van der Waals surface area contributed by atoms with E-state index in [1.165, 1.54) is 0 Å². The number of hydrogen-bond acceptors (Lipinski definition) is 6. The van der Waals surface area contributed by atoms with Gasteiger partial charge in [0.1, 0.15) is 11.6 Å². The van der Waals surface area contributed by atoms with Gasteiger partial charge in [-0.1, -0.05) is 6.07 Å². The zero-order chi connectivity index (χ0) is 19.2. The molecule has 3 rings (SSSR count). The van der Waals surface area contributed by atoms with Crippen molar-refractivity contribution in [1.29, 1.82) is 0 Å². The maximum atomic E-state index is 12.1. The quantitative estimate of drug-likeness (QED) is 0.622. The summed E-state index contributed by atoms with van der Waals surface area (Å²) in [6.45, 7) is 4.89. The largest absolute Gasteiger partial charge is 0.497 e. The monoisotopic (exact) mass is 366 g/mol. The average molecular weight is 366 g/mol. The first kappa shape index (κ1) is 18.4. The Kier molecular flexibility index (Phi) is 5.65. The van der Waals surface area contributed by atoms with Crippen LogP contribution in [0.1, 0.15) is 21.7 Å². The topological polar surface area (TPSA) is 94.0 Å². The molecule has 0 fully saturated rings. The van der Waals surface area contributed by atoms with Gasteiger partial charge in [-0.05, 0) is 50.2 Å². The lowest BCUT2D eigenvalue weighted by Gasteiger charge is -2.08. The first-order valence-corrected chi connectivity index (χ1v) is 8.60. The highest BCUT2D eigenvalue weighted by Crippen LogP contribution is 2.12. The number of ether oxygens (including phenoxy) is 1. The summed E-state index contributed by atoms with van der Waals surface area (Å²) < 4.78 is 6.88. The van der Waals surface area contributed by atoms with E-state index in [4.69, 9.17) is 4.74 Å². The molecule has 0 atom stereocenters. The molecule has 0 aliphatic carbocycles. The summed E-state index contributed by atoms with van der Waals surface area (Å²) in [6.07, 6.45) is 0. The van der Waals surface area contributed by atoms with Gasteiger partial charge in [-0.25, -0.2) is 4.68 Å². The highest BCUT2D eigenvalue weighted by molar-refractivity contribution is 5.94. The predicted octanol–water partition coefficient (Wildman–Crippen LogP) is 2.13. The van der Waals surface area contributed by atoms with E-state index in [1.807, 2.05) is 32.0 Å². The van der Waals surface area contributed by atoms with Crippen LogP contribution in [-0.2, 0) is 0 Å². The van der Waals surface area contributed by atoms with Crippen molar-refractivity contribution in [3.63, 3.8) is 0 Å². The molecule has 140 valence electrons. The number of nitrogens with zero attached hydrogens (tertiary/aromatic N) is 4. The van der Waals surface area contributed by atoms with Crippen molar-refractivity contribution in [2.24, 2.45) is 0 Å². The van der Waals surface area contributed by atoms with Crippen molar-refractivity contribution in [2.75, 3.05) is 25.5 Å². The van der Waals surface area contributed by atoms with E-state index in [2.05, 4.69) is 25.9 Å². The van der Waals surface area contributed by atoms with Gasteiger partial charge in [0, 0.05) is 24.3 Å². The molecule has 2 heterocycles. The minimum absolute atomic E-state index is 0.151. The number of carbonyl (C=O) groups excluding carboxylic acids is 1. The standard InChI is InChI=1S/C19H22N6O2/c1-13-11-14(2)25(24-13)18-8-7-17(22-23-18)20-9-10-21-19(26)15-5-4-6-16(12-15)27-3/h4-8,11-12H,9-10H2,1-3H3,(H,20,22)(H,21,26). The molecule has 0 saturated carbocycles. The van der Waals surface area contributed by atoms with Gasteiger partial charge in [-0.2, -0.15) is 5.10 Å². The number of carbonyl (C=O) groups is 1. The van der Waals surface area contributed by atoms with Crippen LogP contribution in [-0.4, -0.2) is 46.1 Å². The maximum Gasteiger partial charge on any atom is 0.251 e. The van der Waals surface area contributed by atoms with Gasteiger partial charge < -0.3 is 15.4 Å². The minimum Gasteiger partial charge on any atom is -0.497 e. The molecule has 0 unspecified atom stereocenters. The molecule has 0 spiro atoms. The molecule has 0 radical (unpaired) electrons. The van der Waals surface area contributed by atoms with Crippen LogP contribution < -0.4 is 15.4 Å². The van der Waals surface area contributed by atoms with Crippen molar-refractivity contribution >= 4 is 11.7 Å². The SMILES string of the molecule is COc1cccc(C(=O)NCCNc2ccc(-n3nc(C)cc3C)nn2)c1. The van der Waals surface area contributed by atoms with Crippen LogP contribution in [0.4, 0.5) is 5.82 Å². The summed E-state index contributed by atoms with van der Waals surface area (Å²) in [5, 5.41) is 18.7. The fourth-order valence-electron chi connectivity index (χ4n) is 2.63. The molecule has 1 amide bonds. The summed E-state index contributed by atoms with van der Waals surface area (Å²) in [5.41, 5.74) is 2.49. The Morgan fingerprint density at radius 1 is 1.11 bits per heavy atom. The molecule has 8 nitrogen and oxygen atoms in total. The zero-order valence-corrected chi connectivity index (χ0v) is 15.6. The Bertz CT molecular complexity index is 920. The summed E-state index contributed by atoms with van der Waals surface area (Å²) in [5.74, 6) is 1.80. The van der Waals surface area contributed by atoms with Gasteiger partial charge in [-0.15, -0.1) is 10.2 Å². The van der Waals surface area contributed by atoms with Gasteiger partial charge in [0.15, 0.2) is 5.82 Å². The normalized spacial score (nSPS) is 10.5. The number of aromatic nitrogens is 4. The summed E-state index contributed by atoms with van der Waals surface area (Å²) >= 11 is 0. The Morgan fingerprint density at radius 2 is 1.96 bits per heavy atom. The van der Waals surface area contributed by atoms with Crippen LogP contribution in [0.25, 0.3) is 5.82 Å². The molecule has 0 aliphatic rings. The number of amides is 1. The lowest BCUT2D eigenvalue weighted by molar-refractivity contribution is 0.0955. The van der Waals surface area contributed by atoms with Gasteiger partial charge in [0.2, 0.25) is 0 Å². The second-order valence-corrected chi connectivity index (χ2v) is 6.03. The number of benzene rings is 1. The molecule has 3 aromatic rings. The molecular formula is C19H22N6O2. The van der Waals surface area contributed by atoms with Crippen LogP contribution in [0.15, 0.2) is 42.5 Å². The van der Waals surface area contributed by atoms with Crippen molar-refractivity contribution in [1.82, 2.24) is 25.3 Å². The van der Waals surface area contributed by atoms with Crippen LogP contribution in [0.5, 0.6) is 5.75 Å². The molecule has 0 saturated heterocycles. The molecule has 27 heavy (non-hydrogen) atoms. The van der Waals surface area contributed by atoms with E-state index in [0.717, 1.165) is 11.4 Å². The number of methoxy groups -OCH3 is 1. The summed E-state index contributed by atoms with van der Waals surface area (Å²) in [7, 11) is 1.57. The Balaban J connectivity index is 1.49. The summed E-state index contributed by atoms with van der Waals surface area (Å²) in [4.78, 5) is 12.1. The van der Waals surface area contributed by atoms with Crippen molar-refractivity contribution in [3.8, 4) is 11.6 Å². The second kappa shape index (κ2) is 8.31. The third kappa shape index (κ3) is 4.60. The van der Waals surface area contributed by atoms with E-state index in [-0.39, 0.29) is 5.91 Å². The Hall–Kier alpha value is -3.42. The molecule has 8 heteroatoms. The Labute approximate surface area is 157 Å². The van der Waals surface area contributed by atoms with Crippen LogP contribution in [0, 0.1) is 13.8 Å². The third-order valence-corrected chi connectivity index (χ3v) is 3.93. The van der Waals surface area contributed by atoms with E-state index < -0.39 is 0 Å². The maximum absolute atomic E-state index is 12.1. The van der Waals surface area contributed by atoms with Crippen LogP contribution in [0.3, 0.4) is 0 Å². The lowest BCUT2D eigenvalue weighted by atomic mass is 10.2. The third-order valence-electron chi connectivity index (χ3n) is 3.93. The molecule has 2 aromatic heterocycles. The van der Waals surface area contributed by atoms with Gasteiger partial charge in [0.25, 0.3) is 5.91 Å². The second-order valence-electron chi connectivity index (χ2n) is 6.03. The highest BCUT2D eigenvalue weighted by Gasteiger charge is 2.07. The van der Waals surface area contributed by atoms with E-state index in [9.17, 15) is 4.79 Å². The smallest absolute Gasteiger partial charge is 0.251 e. The van der Waals surface area contributed by atoms with Gasteiger partial charge >= 0.3 is 0 Å². The number of nitrogens with one attached hydrogen (secondary N) is 2. The molecule has 2 N–H and O–H groups in total. The predicted molar refractivity (Wildman–Crippen MR) is 102 cm³/mol. The van der Waals surface area contributed by atoms with Crippen molar-refractivity contribution in [2.45, 2.75) is 13.8 Å². The first-order chi connectivity index (χ1) is 13.1. The fourth-order valence-corrected chi connectivity index (χ4v) is 2.63. The molecule has 0 bridgehead atoms.